The van der Waals surface area contributed by atoms with Crippen molar-refractivity contribution in [2.24, 2.45) is 0 Å². The highest BCUT2D eigenvalue weighted by atomic mass is 32.1. The van der Waals surface area contributed by atoms with Crippen molar-refractivity contribution in [2.45, 2.75) is 6.42 Å². The predicted molar refractivity (Wildman–Crippen MR) is 109 cm³/mol. The summed E-state index contributed by atoms with van der Waals surface area (Å²) < 4.78 is 0. The smallest absolute Gasteiger partial charge is 0.196 e. The second-order valence-corrected chi connectivity index (χ2v) is 6.91. The average Bonchev–Trinajstić information content (AvgIpc) is 2.64. The number of fused-ring (bicyclic) bond motifs is 2. The van der Waals surface area contributed by atoms with Gasteiger partial charge in [0.05, 0.1) is 11.1 Å². The number of hydrogen-bond acceptors (Lipinski definition) is 6. The van der Waals surface area contributed by atoms with Crippen molar-refractivity contribution in [2.75, 3.05) is 43.5 Å². The van der Waals surface area contributed by atoms with Crippen molar-refractivity contribution in [1.82, 2.24) is 4.90 Å². The Balaban J connectivity index is 1.84. The first-order valence-corrected chi connectivity index (χ1v) is 9.32. The quantitative estimate of drug-likeness (QED) is 0.339. The lowest BCUT2D eigenvalue weighted by Gasteiger charge is -2.22. The molecule has 0 spiro atoms. The molecule has 0 saturated heterocycles. The number of ketones is 2. The minimum absolute atomic E-state index is 0.155. The molecule has 0 aromatic heterocycles. The maximum absolute atomic E-state index is 13.0. The van der Waals surface area contributed by atoms with E-state index in [1.165, 1.54) is 0 Å². The fourth-order valence-corrected chi connectivity index (χ4v) is 3.59. The van der Waals surface area contributed by atoms with Crippen LogP contribution < -0.4 is 11.1 Å². The zero-order valence-electron chi connectivity index (χ0n) is 14.8. The number of anilines is 2. The molecule has 0 atom stereocenters. The van der Waals surface area contributed by atoms with Crippen LogP contribution in [0.3, 0.4) is 0 Å². The lowest BCUT2D eigenvalue weighted by molar-refractivity contribution is 0.0980. The Morgan fingerprint density at radius 3 is 2.31 bits per heavy atom. The van der Waals surface area contributed by atoms with Gasteiger partial charge >= 0.3 is 0 Å². The van der Waals surface area contributed by atoms with Crippen molar-refractivity contribution in [1.29, 1.82) is 0 Å². The molecule has 5 nitrogen and oxygen atoms in total. The molecule has 0 fully saturated rings. The summed E-state index contributed by atoms with van der Waals surface area (Å²) in [5, 5.41) is 3.30. The zero-order chi connectivity index (χ0) is 18.7. The molecule has 0 bridgehead atoms. The Hall–Kier alpha value is -2.31. The van der Waals surface area contributed by atoms with E-state index in [1.54, 1.807) is 36.4 Å². The number of benzene rings is 2. The molecule has 0 aliphatic heterocycles. The third-order valence-corrected chi connectivity index (χ3v) is 4.82. The van der Waals surface area contributed by atoms with Crippen molar-refractivity contribution in [3.63, 3.8) is 0 Å². The van der Waals surface area contributed by atoms with E-state index in [0.29, 0.717) is 40.2 Å². The van der Waals surface area contributed by atoms with Crippen molar-refractivity contribution in [3.8, 4) is 0 Å². The molecular weight excluding hydrogens is 346 g/mol. The van der Waals surface area contributed by atoms with Crippen LogP contribution in [0.4, 0.5) is 11.4 Å². The molecule has 3 N–H and O–H groups in total. The van der Waals surface area contributed by atoms with Gasteiger partial charge in [-0.2, -0.15) is 12.6 Å². The maximum atomic E-state index is 13.0. The molecule has 1 aliphatic rings. The highest BCUT2D eigenvalue weighted by Gasteiger charge is 2.33. The first-order chi connectivity index (χ1) is 12.5. The standard InChI is InChI=1S/C20H23N3O2S/c1-23(11-12-26)10-4-9-22-16-8-7-15(21)17-18(16)20(25)14-6-3-2-5-13(14)19(17)24/h2-3,5-8,22,26H,4,9-12,21H2,1H3. The Labute approximate surface area is 159 Å². The molecule has 2 aromatic rings. The molecule has 0 unspecified atom stereocenters. The van der Waals surface area contributed by atoms with Gasteiger partial charge in [-0.1, -0.05) is 24.3 Å². The topological polar surface area (TPSA) is 75.4 Å². The number of nitrogens with one attached hydrogen (secondary N) is 1. The Morgan fingerprint density at radius 2 is 1.65 bits per heavy atom. The second-order valence-electron chi connectivity index (χ2n) is 6.46. The van der Waals surface area contributed by atoms with E-state index < -0.39 is 0 Å². The molecule has 0 radical (unpaired) electrons. The number of rotatable bonds is 7. The van der Waals surface area contributed by atoms with Crippen molar-refractivity contribution < 1.29 is 9.59 Å². The van der Waals surface area contributed by atoms with Crippen LogP contribution in [-0.2, 0) is 0 Å². The lowest BCUT2D eigenvalue weighted by Crippen LogP contribution is -2.25. The van der Waals surface area contributed by atoms with E-state index in [0.717, 1.165) is 25.3 Å². The fraction of sp³-hybridized carbons (Fsp3) is 0.300. The van der Waals surface area contributed by atoms with E-state index in [9.17, 15) is 9.59 Å². The molecule has 6 heteroatoms. The summed E-state index contributed by atoms with van der Waals surface area (Å²) in [5.41, 5.74) is 8.59. The van der Waals surface area contributed by atoms with Crippen LogP contribution in [0.2, 0.25) is 0 Å². The predicted octanol–water partition coefficient (Wildman–Crippen LogP) is 2.71. The van der Waals surface area contributed by atoms with Gasteiger partial charge in [-0.15, -0.1) is 0 Å². The first-order valence-electron chi connectivity index (χ1n) is 8.68. The summed E-state index contributed by atoms with van der Waals surface area (Å²) >= 11 is 4.23. The van der Waals surface area contributed by atoms with Crippen LogP contribution in [0, 0.1) is 0 Å². The SMILES string of the molecule is CN(CCS)CCCNc1ccc(N)c2c1C(=O)c1ccccc1C2=O. The van der Waals surface area contributed by atoms with Gasteiger partial charge in [0.25, 0.3) is 0 Å². The number of carbonyl (C=O) groups excluding carboxylic acids is 2. The summed E-state index contributed by atoms with van der Waals surface area (Å²) in [5.74, 6) is 0.480. The number of thiol groups is 1. The number of nitrogen functional groups attached to an aromatic ring is 1. The van der Waals surface area contributed by atoms with E-state index in [2.05, 4.69) is 29.9 Å². The van der Waals surface area contributed by atoms with Crippen LogP contribution >= 0.6 is 12.6 Å². The van der Waals surface area contributed by atoms with Crippen LogP contribution in [0.15, 0.2) is 36.4 Å². The van der Waals surface area contributed by atoms with Crippen LogP contribution in [0.5, 0.6) is 0 Å². The molecule has 1 aliphatic carbocycles. The monoisotopic (exact) mass is 369 g/mol. The normalized spacial score (nSPS) is 12.9. The number of nitrogens with zero attached hydrogens (tertiary/aromatic N) is 1. The third-order valence-electron chi connectivity index (χ3n) is 4.62. The minimum atomic E-state index is -0.190. The second kappa shape index (κ2) is 7.93. The van der Waals surface area contributed by atoms with Gasteiger partial charge in [-0.3, -0.25) is 9.59 Å². The largest absolute Gasteiger partial charge is 0.398 e. The molecule has 26 heavy (non-hydrogen) atoms. The van der Waals surface area contributed by atoms with Crippen molar-refractivity contribution >= 4 is 35.6 Å². The number of carbonyl (C=O) groups is 2. The van der Waals surface area contributed by atoms with Crippen LogP contribution in [-0.4, -0.2) is 48.9 Å². The van der Waals surface area contributed by atoms with E-state index in [1.807, 2.05) is 0 Å². The molecule has 136 valence electrons. The van der Waals surface area contributed by atoms with Gasteiger partial charge in [-0.25, -0.2) is 0 Å². The van der Waals surface area contributed by atoms with Crippen LogP contribution in [0.1, 0.15) is 38.3 Å². The summed E-state index contributed by atoms with van der Waals surface area (Å²) in [6.07, 6.45) is 0.919. The number of hydrogen-bond donors (Lipinski definition) is 3. The maximum Gasteiger partial charge on any atom is 0.196 e. The molecule has 0 heterocycles. The average molecular weight is 369 g/mol. The lowest BCUT2D eigenvalue weighted by atomic mass is 9.82. The minimum Gasteiger partial charge on any atom is -0.398 e. The van der Waals surface area contributed by atoms with E-state index >= 15 is 0 Å². The zero-order valence-corrected chi connectivity index (χ0v) is 15.7. The molecule has 3 rings (SSSR count). The Bertz CT molecular complexity index is 851. The fourth-order valence-electron chi connectivity index (χ4n) is 3.25. The molecule has 0 amide bonds. The van der Waals surface area contributed by atoms with Gasteiger partial charge in [0.2, 0.25) is 0 Å². The van der Waals surface area contributed by atoms with Gasteiger partial charge in [-0.05, 0) is 32.1 Å². The third kappa shape index (κ3) is 3.48. The molecule has 0 saturated carbocycles. The van der Waals surface area contributed by atoms with Crippen LogP contribution in [0.25, 0.3) is 0 Å². The summed E-state index contributed by atoms with van der Waals surface area (Å²) in [6, 6.07) is 10.4. The molecular formula is C20H23N3O2S. The van der Waals surface area contributed by atoms with Gasteiger partial charge in [0.15, 0.2) is 11.6 Å². The van der Waals surface area contributed by atoms with E-state index in [-0.39, 0.29) is 11.6 Å². The van der Waals surface area contributed by atoms with Gasteiger partial charge in [0, 0.05) is 41.3 Å². The summed E-state index contributed by atoms with van der Waals surface area (Å²) in [6.45, 7) is 2.57. The van der Waals surface area contributed by atoms with Crippen molar-refractivity contribution in [3.05, 3.63) is 58.7 Å². The number of nitrogens with two attached hydrogens (primary N) is 1. The Kier molecular flexibility index (Phi) is 5.64. The Morgan fingerprint density at radius 1 is 1.00 bits per heavy atom. The van der Waals surface area contributed by atoms with Gasteiger partial charge < -0.3 is 16.0 Å². The summed E-state index contributed by atoms with van der Waals surface area (Å²) in [7, 11) is 2.06. The molecule has 2 aromatic carbocycles. The highest BCUT2D eigenvalue weighted by Crippen LogP contribution is 2.35. The first kappa shape index (κ1) is 18.5. The van der Waals surface area contributed by atoms with E-state index in [4.69, 9.17) is 5.73 Å². The van der Waals surface area contributed by atoms with Gasteiger partial charge in [0.1, 0.15) is 0 Å². The highest BCUT2D eigenvalue weighted by molar-refractivity contribution is 7.80. The summed E-state index contributed by atoms with van der Waals surface area (Å²) in [4.78, 5) is 28.0.